The number of nitrogens with one attached hydrogen (secondary N) is 1. The Morgan fingerprint density at radius 1 is 1.09 bits per heavy atom. The van der Waals surface area contributed by atoms with E-state index in [1.165, 1.54) is 5.56 Å². The van der Waals surface area contributed by atoms with Gasteiger partial charge in [-0.25, -0.2) is 4.79 Å². The summed E-state index contributed by atoms with van der Waals surface area (Å²) < 4.78 is 5.48. The number of rotatable bonds is 9. The molecule has 1 aliphatic rings. The summed E-state index contributed by atoms with van der Waals surface area (Å²) in [5.41, 5.74) is 8.47. The molecule has 0 heterocycles. The lowest BCUT2D eigenvalue weighted by atomic mass is 9.83. The average Bonchev–Trinajstić information content (AvgIpc) is 2.84. The van der Waals surface area contributed by atoms with Crippen molar-refractivity contribution in [3.63, 3.8) is 0 Å². The molecular weight excluding hydrogens is 450 g/mol. The molecule has 2 atom stereocenters. The van der Waals surface area contributed by atoms with Crippen molar-refractivity contribution in [2.45, 2.75) is 32.3 Å². The molecule has 0 spiro atoms. The van der Waals surface area contributed by atoms with E-state index in [-0.39, 0.29) is 12.7 Å². The summed E-state index contributed by atoms with van der Waals surface area (Å²) in [6.07, 6.45) is 4.61. The molecule has 5 nitrogen and oxygen atoms in total. The molecule has 6 heteroatoms. The van der Waals surface area contributed by atoms with Gasteiger partial charge >= 0.3 is 5.97 Å². The summed E-state index contributed by atoms with van der Waals surface area (Å²) in [7, 11) is 0. The van der Waals surface area contributed by atoms with Crippen molar-refractivity contribution in [1.29, 1.82) is 0 Å². The van der Waals surface area contributed by atoms with Gasteiger partial charge in [0, 0.05) is 10.7 Å². The van der Waals surface area contributed by atoms with E-state index < -0.39 is 5.97 Å². The zero-order valence-corrected chi connectivity index (χ0v) is 19.8. The molecule has 176 valence electrons. The van der Waals surface area contributed by atoms with Crippen LogP contribution < -0.4 is 10.2 Å². The zero-order chi connectivity index (χ0) is 23.9. The molecule has 0 radical (unpaired) electrons. The highest BCUT2D eigenvalue weighted by molar-refractivity contribution is 6.30. The lowest BCUT2D eigenvalue weighted by Gasteiger charge is -2.25. The van der Waals surface area contributed by atoms with Crippen molar-refractivity contribution in [2.24, 2.45) is 5.92 Å². The van der Waals surface area contributed by atoms with Gasteiger partial charge in [-0.1, -0.05) is 72.3 Å². The third-order valence-electron chi connectivity index (χ3n) is 5.93. The molecule has 0 amide bonds. The minimum atomic E-state index is -0.969. The fourth-order valence-electron chi connectivity index (χ4n) is 4.35. The molecule has 0 saturated heterocycles. The Kier molecular flexibility index (Phi) is 7.88. The second kappa shape index (κ2) is 11.2. The standard InChI is InChI=1S/C28H28ClNO4/c1-19(16-20-10-15-25-23(17-20)8-5-9-26(25)33-18-27(31)32)30-34-28(21-6-3-2-4-7-21)22-11-13-24(29)14-12-22/h2-9,11-14,16,20,28,30H,10,15,17-18H2,1H3,(H,31,32). The molecule has 2 unspecified atom stereocenters. The molecule has 0 bridgehead atoms. The van der Waals surface area contributed by atoms with Crippen LogP contribution in [0.15, 0.2) is 84.6 Å². The van der Waals surface area contributed by atoms with Crippen molar-refractivity contribution >= 4 is 17.6 Å². The summed E-state index contributed by atoms with van der Waals surface area (Å²) in [4.78, 5) is 17.0. The highest BCUT2D eigenvalue weighted by Gasteiger charge is 2.21. The third-order valence-corrected chi connectivity index (χ3v) is 6.18. The Morgan fingerprint density at radius 2 is 1.82 bits per heavy atom. The van der Waals surface area contributed by atoms with Crippen LogP contribution in [0.4, 0.5) is 0 Å². The number of hydrogen-bond acceptors (Lipinski definition) is 4. The van der Waals surface area contributed by atoms with Crippen LogP contribution >= 0.6 is 11.6 Å². The van der Waals surface area contributed by atoms with E-state index in [2.05, 4.69) is 17.6 Å². The van der Waals surface area contributed by atoms with Gasteiger partial charge in [-0.15, -0.1) is 0 Å². The van der Waals surface area contributed by atoms with Crippen LogP contribution in [0.1, 0.15) is 41.7 Å². The predicted octanol–water partition coefficient (Wildman–Crippen LogP) is 6.12. The normalized spacial score (nSPS) is 16.4. The first kappa shape index (κ1) is 23.9. The van der Waals surface area contributed by atoms with Crippen LogP contribution in [0.5, 0.6) is 5.75 Å². The van der Waals surface area contributed by atoms with Gasteiger partial charge in [0.05, 0.1) is 0 Å². The number of halogens is 1. The second-order valence-electron chi connectivity index (χ2n) is 8.49. The van der Waals surface area contributed by atoms with E-state index in [4.69, 9.17) is 26.3 Å². The Balaban J connectivity index is 1.43. The van der Waals surface area contributed by atoms with Gasteiger partial charge in [-0.05, 0) is 72.6 Å². The summed E-state index contributed by atoms with van der Waals surface area (Å²) in [6, 6.07) is 23.6. The van der Waals surface area contributed by atoms with Gasteiger partial charge in [-0.3, -0.25) is 10.3 Å². The van der Waals surface area contributed by atoms with Gasteiger partial charge in [-0.2, -0.15) is 0 Å². The van der Waals surface area contributed by atoms with Crippen LogP contribution in [0.3, 0.4) is 0 Å². The van der Waals surface area contributed by atoms with Crippen LogP contribution in [0.25, 0.3) is 0 Å². The summed E-state index contributed by atoms with van der Waals surface area (Å²) in [5, 5.41) is 9.60. The van der Waals surface area contributed by atoms with Crippen molar-refractivity contribution in [2.75, 3.05) is 6.61 Å². The van der Waals surface area contributed by atoms with E-state index in [0.717, 1.165) is 41.6 Å². The number of allylic oxidation sites excluding steroid dienone is 2. The zero-order valence-electron chi connectivity index (χ0n) is 19.0. The van der Waals surface area contributed by atoms with Crippen molar-refractivity contribution in [1.82, 2.24) is 5.48 Å². The van der Waals surface area contributed by atoms with Gasteiger partial charge in [0.15, 0.2) is 6.61 Å². The minimum absolute atomic E-state index is 0.275. The number of hydroxylamine groups is 1. The van der Waals surface area contributed by atoms with E-state index in [1.54, 1.807) is 0 Å². The summed E-state index contributed by atoms with van der Waals surface area (Å²) >= 11 is 6.08. The predicted molar refractivity (Wildman–Crippen MR) is 133 cm³/mol. The van der Waals surface area contributed by atoms with Gasteiger partial charge in [0.2, 0.25) is 0 Å². The van der Waals surface area contributed by atoms with Crippen LogP contribution in [-0.4, -0.2) is 17.7 Å². The Labute approximate surface area is 204 Å². The highest BCUT2D eigenvalue weighted by atomic mass is 35.5. The van der Waals surface area contributed by atoms with Crippen LogP contribution in [0, 0.1) is 5.92 Å². The van der Waals surface area contributed by atoms with Gasteiger partial charge in [0.1, 0.15) is 11.9 Å². The van der Waals surface area contributed by atoms with Crippen LogP contribution in [-0.2, 0) is 22.5 Å². The molecule has 1 aliphatic carbocycles. The Hall–Kier alpha value is -3.28. The van der Waals surface area contributed by atoms with Crippen molar-refractivity contribution in [3.05, 3.63) is 112 Å². The largest absolute Gasteiger partial charge is 0.482 e. The summed E-state index contributed by atoms with van der Waals surface area (Å²) in [6.45, 7) is 1.68. The van der Waals surface area contributed by atoms with Crippen LogP contribution in [0.2, 0.25) is 5.02 Å². The third kappa shape index (κ3) is 6.19. The fraction of sp³-hybridized carbons (Fsp3) is 0.250. The van der Waals surface area contributed by atoms with E-state index in [9.17, 15) is 4.79 Å². The minimum Gasteiger partial charge on any atom is -0.482 e. The Bertz CT molecular complexity index is 1140. The molecule has 0 saturated carbocycles. The van der Waals surface area contributed by atoms with Gasteiger partial charge < -0.3 is 9.84 Å². The Morgan fingerprint density at radius 3 is 2.56 bits per heavy atom. The van der Waals surface area contributed by atoms with Crippen molar-refractivity contribution in [3.8, 4) is 5.75 Å². The van der Waals surface area contributed by atoms with Crippen molar-refractivity contribution < 1.29 is 19.5 Å². The monoisotopic (exact) mass is 477 g/mol. The van der Waals surface area contributed by atoms with E-state index >= 15 is 0 Å². The maximum Gasteiger partial charge on any atom is 0.341 e. The highest BCUT2D eigenvalue weighted by Crippen LogP contribution is 2.33. The van der Waals surface area contributed by atoms with E-state index in [1.807, 2.05) is 73.7 Å². The maximum absolute atomic E-state index is 10.9. The smallest absolute Gasteiger partial charge is 0.341 e. The molecule has 2 N–H and O–H groups in total. The first-order valence-electron chi connectivity index (χ1n) is 11.4. The molecule has 0 fully saturated rings. The molecule has 34 heavy (non-hydrogen) atoms. The lowest BCUT2D eigenvalue weighted by molar-refractivity contribution is -0.139. The maximum atomic E-state index is 10.9. The number of carboxylic acid groups (broad SMARTS) is 1. The molecule has 0 aromatic heterocycles. The number of hydrogen-bond donors (Lipinski definition) is 2. The first-order chi connectivity index (χ1) is 16.5. The number of benzene rings is 3. The molecule has 3 aromatic carbocycles. The average molecular weight is 478 g/mol. The molecule has 0 aliphatic heterocycles. The number of ether oxygens (including phenoxy) is 1. The molecule has 4 rings (SSSR count). The number of carboxylic acids is 1. The quantitative estimate of drug-likeness (QED) is 0.363. The second-order valence-corrected chi connectivity index (χ2v) is 8.93. The van der Waals surface area contributed by atoms with Gasteiger partial charge in [0.25, 0.3) is 0 Å². The molecule has 3 aromatic rings. The fourth-order valence-corrected chi connectivity index (χ4v) is 4.48. The SMILES string of the molecule is CC(=CC1CCc2c(cccc2OCC(=O)O)C1)NOC(c1ccccc1)c1ccc(Cl)cc1. The summed E-state index contributed by atoms with van der Waals surface area (Å²) in [5.74, 6) is 0.0570. The van der Waals surface area contributed by atoms with E-state index in [0.29, 0.717) is 16.7 Å². The number of fused-ring (bicyclic) bond motifs is 1. The number of carbonyl (C=O) groups is 1. The molecular formula is C28H28ClNO4. The topological polar surface area (TPSA) is 67.8 Å². The lowest BCUT2D eigenvalue weighted by Crippen LogP contribution is -2.20. The first-order valence-corrected chi connectivity index (χ1v) is 11.7. The number of aliphatic carboxylic acids is 1.